The molecule has 1 atom stereocenters. The van der Waals surface area contributed by atoms with Crippen LogP contribution >= 0.6 is 0 Å². The van der Waals surface area contributed by atoms with E-state index in [2.05, 4.69) is 27.9 Å². The van der Waals surface area contributed by atoms with Gasteiger partial charge in [-0.15, -0.1) is 0 Å². The summed E-state index contributed by atoms with van der Waals surface area (Å²) in [6.45, 7) is 2.16. The van der Waals surface area contributed by atoms with Crippen molar-refractivity contribution in [1.29, 1.82) is 5.26 Å². The van der Waals surface area contributed by atoms with Crippen LogP contribution in [0, 0.1) is 11.3 Å². The Morgan fingerprint density at radius 1 is 1.56 bits per heavy atom. The number of likely N-dealkylation sites (tertiary alicyclic amines) is 1. The monoisotopic (exact) mass is 244 g/mol. The minimum atomic E-state index is 0.594. The van der Waals surface area contributed by atoms with Gasteiger partial charge in [-0.05, 0) is 38.6 Å². The third-order valence-corrected chi connectivity index (χ3v) is 3.67. The second kappa shape index (κ2) is 5.83. The van der Waals surface area contributed by atoms with E-state index in [1.165, 1.54) is 25.8 Å². The Hall–Kier alpha value is -1.60. The predicted molar refractivity (Wildman–Crippen MR) is 72.5 cm³/mol. The van der Waals surface area contributed by atoms with Crippen LogP contribution < -0.4 is 4.90 Å². The van der Waals surface area contributed by atoms with Crippen LogP contribution in [0.1, 0.15) is 24.8 Å². The highest BCUT2D eigenvalue weighted by Gasteiger charge is 2.20. The zero-order valence-electron chi connectivity index (χ0n) is 11.1. The quantitative estimate of drug-likeness (QED) is 0.814. The molecular formula is C14H20N4. The Balaban J connectivity index is 2.02. The molecule has 0 bridgehead atoms. The summed E-state index contributed by atoms with van der Waals surface area (Å²) in [6, 6.07) is 6.34. The van der Waals surface area contributed by atoms with Crippen molar-refractivity contribution in [3.8, 4) is 6.07 Å². The normalized spacial score (nSPS) is 20.4. The first kappa shape index (κ1) is 12.8. The highest BCUT2D eigenvalue weighted by Crippen LogP contribution is 2.18. The lowest BCUT2D eigenvalue weighted by Gasteiger charge is -2.35. The van der Waals surface area contributed by atoms with Crippen LogP contribution in [0.25, 0.3) is 0 Å². The van der Waals surface area contributed by atoms with Crippen LogP contribution in [0.5, 0.6) is 0 Å². The van der Waals surface area contributed by atoms with Crippen molar-refractivity contribution >= 4 is 5.82 Å². The van der Waals surface area contributed by atoms with Crippen molar-refractivity contribution in [3.05, 3.63) is 23.9 Å². The van der Waals surface area contributed by atoms with Crippen LogP contribution in [-0.2, 0) is 0 Å². The molecule has 1 fully saturated rings. The van der Waals surface area contributed by atoms with E-state index in [1.54, 1.807) is 12.3 Å². The van der Waals surface area contributed by atoms with Crippen molar-refractivity contribution in [2.45, 2.75) is 25.3 Å². The van der Waals surface area contributed by atoms with Gasteiger partial charge < -0.3 is 9.80 Å². The van der Waals surface area contributed by atoms with E-state index in [4.69, 9.17) is 5.26 Å². The summed E-state index contributed by atoms with van der Waals surface area (Å²) in [7, 11) is 4.24. The smallest absolute Gasteiger partial charge is 0.129 e. The van der Waals surface area contributed by atoms with Crippen LogP contribution in [0.3, 0.4) is 0 Å². The van der Waals surface area contributed by atoms with E-state index < -0.39 is 0 Å². The first-order valence-electron chi connectivity index (χ1n) is 6.48. The zero-order chi connectivity index (χ0) is 13.0. The van der Waals surface area contributed by atoms with Gasteiger partial charge in [0.1, 0.15) is 5.82 Å². The molecule has 0 saturated carbocycles. The summed E-state index contributed by atoms with van der Waals surface area (Å²) in [5, 5.41) is 8.90. The Bertz CT molecular complexity index is 438. The van der Waals surface area contributed by atoms with Crippen LogP contribution in [-0.4, -0.2) is 43.1 Å². The van der Waals surface area contributed by atoms with Crippen molar-refractivity contribution in [2.75, 3.05) is 32.1 Å². The van der Waals surface area contributed by atoms with Gasteiger partial charge in [-0.1, -0.05) is 6.42 Å². The Morgan fingerprint density at radius 2 is 2.39 bits per heavy atom. The molecule has 1 saturated heterocycles. The molecule has 1 aliphatic rings. The molecule has 1 aromatic heterocycles. The first-order chi connectivity index (χ1) is 8.70. The number of pyridine rings is 1. The second-order valence-electron chi connectivity index (χ2n) is 5.03. The van der Waals surface area contributed by atoms with Crippen LogP contribution in [0.15, 0.2) is 18.3 Å². The van der Waals surface area contributed by atoms with Gasteiger partial charge in [0.2, 0.25) is 0 Å². The minimum absolute atomic E-state index is 0.594. The molecule has 0 amide bonds. The van der Waals surface area contributed by atoms with Crippen LogP contribution in [0.2, 0.25) is 0 Å². The molecule has 1 unspecified atom stereocenters. The molecule has 0 aliphatic carbocycles. The number of anilines is 1. The van der Waals surface area contributed by atoms with Gasteiger partial charge in [-0.3, -0.25) is 0 Å². The summed E-state index contributed by atoms with van der Waals surface area (Å²) < 4.78 is 0. The summed E-state index contributed by atoms with van der Waals surface area (Å²) in [6.07, 6.45) is 5.57. The van der Waals surface area contributed by atoms with Crippen molar-refractivity contribution in [1.82, 2.24) is 9.88 Å². The number of rotatable bonds is 3. The maximum absolute atomic E-state index is 8.90. The largest absolute Gasteiger partial charge is 0.358 e. The molecule has 4 heteroatoms. The predicted octanol–water partition coefficient (Wildman–Crippen LogP) is 1.87. The number of piperidine rings is 1. The fourth-order valence-corrected chi connectivity index (χ4v) is 2.48. The Morgan fingerprint density at radius 3 is 3.11 bits per heavy atom. The van der Waals surface area contributed by atoms with Crippen molar-refractivity contribution in [2.24, 2.45) is 0 Å². The number of hydrogen-bond acceptors (Lipinski definition) is 4. The molecule has 18 heavy (non-hydrogen) atoms. The number of hydrogen-bond donors (Lipinski definition) is 0. The molecular weight excluding hydrogens is 224 g/mol. The fraction of sp³-hybridized carbons (Fsp3) is 0.571. The second-order valence-corrected chi connectivity index (χ2v) is 5.03. The highest BCUT2D eigenvalue weighted by molar-refractivity contribution is 5.44. The third-order valence-electron chi connectivity index (χ3n) is 3.67. The highest BCUT2D eigenvalue weighted by atomic mass is 15.2. The standard InChI is InChI=1S/C14H20N4/c1-17-8-4-3-5-13(17)11-18(2)14-9-12(10-15)6-7-16-14/h6-7,9,13H,3-5,8,11H2,1-2H3. The van der Waals surface area contributed by atoms with Crippen LogP contribution in [0.4, 0.5) is 5.82 Å². The molecule has 0 aromatic carbocycles. The maximum atomic E-state index is 8.90. The average molecular weight is 244 g/mol. The maximum Gasteiger partial charge on any atom is 0.129 e. The summed E-state index contributed by atoms with van der Waals surface area (Å²) >= 11 is 0. The van der Waals surface area contributed by atoms with Gasteiger partial charge in [0, 0.05) is 25.8 Å². The average Bonchev–Trinajstić information content (AvgIpc) is 2.41. The molecule has 2 heterocycles. The third kappa shape index (κ3) is 2.99. The van der Waals surface area contributed by atoms with Gasteiger partial charge in [0.15, 0.2) is 0 Å². The van der Waals surface area contributed by atoms with Crippen molar-refractivity contribution < 1.29 is 0 Å². The van der Waals surface area contributed by atoms with Gasteiger partial charge in [0.05, 0.1) is 11.6 Å². The summed E-state index contributed by atoms with van der Waals surface area (Å²) in [5.41, 5.74) is 0.670. The number of nitriles is 1. The molecule has 4 nitrogen and oxygen atoms in total. The molecule has 96 valence electrons. The van der Waals surface area contributed by atoms with Gasteiger partial charge in [-0.25, -0.2) is 4.98 Å². The minimum Gasteiger partial charge on any atom is -0.358 e. The van der Waals surface area contributed by atoms with E-state index in [0.29, 0.717) is 11.6 Å². The number of aromatic nitrogens is 1. The lowest BCUT2D eigenvalue weighted by Crippen LogP contribution is -2.43. The van der Waals surface area contributed by atoms with Gasteiger partial charge >= 0.3 is 0 Å². The number of nitrogens with zero attached hydrogens (tertiary/aromatic N) is 4. The van der Waals surface area contributed by atoms with Gasteiger partial charge in [0.25, 0.3) is 0 Å². The first-order valence-corrected chi connectivity index (χ1v) is 6.48. The van der Waals surface area contributed by atoms with E-state index >= 15 is 0 Å². The van der Waals surface area contributed by atoms with E-state index in [9.17, 15) is 0 Å². The fourth-order valence-electron chi connectivity index (χ4n) is 2.48. The van der Waals surface area contributed by atoms with E-state index in [1.807, 2.05) is 13.1 Å². The molecule has 0 N–H and O–H groups in total. The molecule has 1 aromatic rings. The zero-order valence-corrected chi connectivity index (χ0v) is 11.1. The lowest BCUT2D eigenvalue weighted by atomic mass is 10.0. The molecule has 1 aliphatic heterocycles. The molecule has 0 spiro atoms. The Kier molecular flexibility index (Phi) is 4.16. The Labute approximate surface area is 109 Å². The van der Waals surface area contributed by atoms with E-state index in [-0.39, 0.29) is 0 Å². The molecule has 0 radical (unpaired) electrons. The van der Waals surface area contributed by atoms with E-state index in [0.717, 1.165) is 12.4 Å². The van der Waals surface area contributed by atoms with Gasteiger partial charge in [-0.2, -0.15) is 5.26 Å². The number of likely N-dealkylation sites (N-methyl/N-ethyl adjacent to an activating group) is 2. The molecule has 2 rings (SSSR count). The SMILES string of the molecule is CN(CC1CCCCN1C)c1cc(C#N)ccn1. The lowest BCUT2D eigenvalue weighted by molar-refractivity contribution is 0.189. The summed E-state index contributed by atoms with van der Waals surface area (Å²) in [5.74, 6) is 0.882. The summed E-state index contributed by atoms with van der Waals surface area (Å²) in [4.78, 5) is 8.91. The topological polar surface area (TPSA) is 43.2 Å². The van der Waals surface area contributed by atoms with Crippen molar-refractivity contribution in [3.63, 3.8) is 0 Å².